The zero-order chi connectivity index (χ0) is 24.4. The fraction of sp³-hybridized carbons (Fsp3) is 0.217. The van der Waals surface area contributed by atoms with Gasteiger partial charge in [-0.15, -0.1) is 10.2 Å². The Bertz CT molecular complexity index is 1580. The first-order chi connectivity index (χ1) is 16.7. The van der Waals surface area contributed by atoms with Gasteiger partial charge in [-0.25, -0.2) is 9.97 Å². The van der Waals surface area contributed by atoms with Gasteiger partial charge in [0.1, 0.15) is 22.7 Å². The van der Waals surface area contributed by atoms with Crippen molar-refractivity contribution in [2.24, 2.45) is 0 Å². The molecule has 0 amide bonds. The van der Waals surface area contributed by atoms with E-state index in [0.29, 0.717) is 30.6 Å². The minimum atomic E-state index is -5.82. The molecule has 178 valence electrons. The first-order valence-electron chi connectivity index (χ1n) is 10.5. The fourth-order valence-electron chi connectivity index (χ4n) is 4.19. The summed E-state index contributed by atoms with van der Waals surface area (Å²) >= 11 is 0. The molecular weight excluding hydrogens is 473 g/mol. The molecule has 35 heavy (non-hydrogen) atoms. The number of benzene rings is 1. The molecule has 5 heterocycles. The number of aromatic nitrogens is 5. The van der Waals surface area contributed by atoms with Crippen LogP contribution in [0.5, 0.6) is 0 Å². The van der Waals surface area contributed by atoms with Gasteiger partial charge in [0.05, 0.1) is 13.2 Å². The summed E-state index contributed by atoms with van der Waals surface area (Å²) in [5.41, 5.74) is 1.55. The van der Waals surface area contributed by atoms with Crippen LogP contribution in [-0.2, 0) is 23.7 Å². The van der Waals surface area contributed by atoms with Gasteiger partial charge in [0.15, 0.2) is 0 Å². The van der Waals surface area contributed by atoms with Crippen molar-refractivity contribution in [3.05, 3.63) is 65.8 Å². The molecule has 1 aliphatic rings. The van der Waals surface area contributed by atoms with E-state index in [1.54, 1.807) is 30.3 Å². The highest BCUT2D eigenvalue weighted by molar-refractivity contribution is 5.95. The average Bonchev–Trinajstić information content (AvgIpc) is 3.52. The molecule has 1 aromatic carbocycles. The second-order valence-electron chi connectivity index (χ2n) is 8.08. The van der Waals surface area contributed by atoms with Crippen molar-refractivity contribution in [3.63, 3.8) is 0 Å². The lowest BCUT2D eigenvalue weighted by molar-refractivity contribution is -0.290. The highest BCUT2D eigenvalue weighted by Gasteiger charge is 2.60. The molecule has 0 aliphatic carbocycles. The summed E-state index contributed by atoms with van der Waals surface area (Å²) in [6.07, 6.45) is -2.72. The summed E-state index contributed by atoms with van der Waals surface area (Å²) in [6.45, 7) is 0.914. The molecule has 7 nitrogen and oxygen atoms in total. The minimum Gasteiger partial charge on any atom is -0.422 e. The van der Waals surface area contributed by atoms with Crippen molar-refractivity contribution in [2.75, 3.05) is 6.61 Å². The van der Waals surface area contributed by atoms with Crippen molar-refractivity contribution >= 4 is 16.7 Å². The summed E-state index contributed by atoms with van der Waals surface area (Å²) in [7, 11) is 0. The number of alkyl halides is 5. The molecule has 0 fully saturated rings. The van der Waals surface area contributed by atoms with Crippen LogP contribution >= 0.6 is 0 Å². The fourth-order valence-corrected chi connectivity index (χ4v) is 4.19. The Kier molecular flexibility index (Phi) is 4.65. The number of halogens is 5. The van der Waals surface area contributed by atoms with E-state index in [0.717, 1.165) is 23.6 Å². The van der Waals surface area contributed by atoms with E-state index < -0.39 is 17.8 Å². The quantitative estimate of drug-likeness (QED) is 0.321. The van der Waals surface area contributed by atoms with Crippen LogP contribution in [0.3, 0.4) is 0 Å². The van der Waals surface area contributed by atoms with Crippen LogP contribution in [0.2, 0.25) is 0 Å². The van der Waals surface area contributed by atoms with Gasteiger partial charge >= 0.3 is 12.1 Å². The van der Waals surface area contributed by atoms with E-state index in [1.807, 2.05) is 0 Å². The number of fused-ring (bicyclic) bond motifs is 4. The molecular formula is C23H14F5N5O2. The highest BCUT2D eigenvalue weighted by Crippen LogP contribution is 2.45. The summed E-state index contributed by atoms with van der Waals surface area (Å²) < 4.78 is 80.9. The lowest BCUT2D eigenvalue weighted by Crippen LogP contribution is -2.34. The Labute approximate surface area is 193 Å². The summed E-state index contributed by atoms with van der Waals surface area (Å²) in [4.78, 5) is 8.09. The van der Waals surface area contributed by atoms with Crippen LogP contribution in [0.1, 0.15) is 16.8 Å². The van der Waals surface area contributed by atoms with Gasteiger partial charge in [0.25, 0.3) is 5.89 Å². The van der Waals surface area contributed by atoms with E-state index in [9.17, 15) is 22.0 Å². The van der Waals surface area contributed by atoms with E-state index in [2.05, 4.69) is 20.2 Å². The monoisotopic (exact) mass is 487 g/mol. The Morgan fingerprint density at radius 3 is 2.57 bits per heavy atom. The highest BCUT2D eigenvalue weighted by atomic mass is 19.4. The van der Waals surface area contributed by atoms with Crippen LogP contribution in [0.25, 0.3) is 39.4 Å². The predicted octanol–water partition coefficient (Wildman–Crippen LogP) is 5.33. The van der Waals surface area contributed by atoms with Gasteiger partial charge < -0.3 is 9.15 Å². The second kappa shape index (κ2) is 7.54. The van der Waals surface area contributed by atoms with Crippen LogP contribution in [0, 0.1) is 0 Å². The molecule has 1 aliphatic heterocycles. The SMILES string of the molecule is FC(F)(F)C(F)(F)c1cc(-c2ccc3c(c2)CCOC3)c2ccc3nc(-c4nnco4)cn3c2n1. The molecule has 0 N–H and O–H groups in total. The van der Waals surface area contributed by atoms with Crippen LogP contribution in [0.15, 0.2) is 53.4 Å². The third-order valence-corrected chi connectivity index (χ3v) is 5.95. The van der Waals surface area contributed by atoms with E-state index in [1.165, 1.54) is 10.6 Å². The molecule has 0 spiro atoms. The zero-order valence-electron chi connectivity index (χ0n) is 17.7. The number of rotatable bonds is 3. The van der Waals surface area contributed by atoms with Crippen LogP contribution < -0.4 is 0 Å². The molecule has 0 bridgehead atoms. The summed E-state index contributed by atoms with van der Waals surface area (Å²) in [5, 5.41) is 7.72. The second-order valence-corrected chi connectivity index (χ2v) is 8.08. The summed E-state index contributed by atoms with van der Waals surface area (Å²) in [5.74, 6) is -5.11. The van der Waals surface area contributed by atoms with Gasteiger partial charge in [0.2, 0.25) is 6.39 Å². The molecule has 0 radical (unpaired) electrons. The van der Waals surface area contributed by atoms with Crippen LogP contribution in [0.4, 0.5) is 22.0 Å². The first kappa shape index (κ1) is 21.6. The lowest BCUT2D eigenvalue weighted by Gasteiger charge is -2.21. The maximum Gasteiger partial charge on any atom is 0.459 e. The van der Waals surface area contributed by atoms with Gasteiger partial charge in [0, 0.05) is 11.6 Å². The maximum absolute atomic E-state index is 14.5. The lowest BCUT2D eigenvalue weighted by atomic mass is 9.94. The van der Waals surface area contributed by atoms with Crippen molar-refractivity contribution in [1.82, 2.24) is 24.6 Å². The topological polar surface area (TPSA) is 78.3 Å². The molecule has 0 unspecified atom stereocenters. The Morgan fingerprint density at radius 1 is 0.943 bits per heavy atom. The van der Waals surface area contributed by atoms with Gasteiger partial charge in [-0.3, -0.25) is 4.40 Å². The molecule has 4 aromatic heterocycles. The van der Waals surface area contributed by atoms with Crippen molar-refractivity contribution in [1.29, 1.82) is 0 Å². The molecule has 0 saturated heterocycles. The molecule has 5 aromatic rings. The number of ether oxygens (including phenoxy) is 1. The zero-order valence-corrected chi connectivity index (χ0v) is 17.7. The smallest absolute Gasteiger partial charge is 0.422 e. The number of hydrogen-bond acceptors (Lipinski definition) is 6. The van der Waals surface area contributed by atoms with Gasteiger partial charge in [-0.05, 0) is 46.9 Å². The number of nitrogens with zero attached hydrogens (tertiary/aromatic N) is 5. The van der Waals surface area contributed by atoms with Gasteiger partial charge in [-0.1, -0.05) is 18.2 Å². The third kappa shape index (κ3) is 3.43. The van der Waals surface area contributed by atoms with Crippen molar-refractivity contribution in [3.8, 4) is 22.7 Å². The maximum atomic E-state index is 14.5. The number of pyridine rings is 2. The Morgan fingerprint density at radius 2 is 1.80 bits per heavy atom. The summed E-state index contributed by atoms with van der Waals surface area (Å²) in [6, 6.07) is 9.28. The Balaban J connectivity index is 1.65. The Hall–Kier alpha value is -3.93. The molecule has 6 rings (SSSR count). The molecule has 12 heteroatoms. The molecule has 0 saturated carbocycles. The average molecular weight is 487 g/mol. The predicted molar refractivity (Wildman–Crippen MR) is 113 cm³/mol. The third-order valence-electron chi connectivity index (χ3n) is 5.95. The standard InChI is InChI=1S/C23H14F5N5O2/c24-22(25,23(26,27)28)18-8-16(13-1-2-14-10-34-6-5-12(14)7-13)15-3-4-19-30-17(21-32-29-11-35-21)9-33(19)20(15)31-18/h1-4,7-9,11H,5-6,10H2. The normalized spacial score (nSPS) is 14.5. The van der Waals surface area contributed by atoms with E-state index >= 15 is 0 Å². The number of imidazole rings is 1. The first-order valence-corrected chi connectivity index (χ1v) is 10.5. The number of hydrogen-bond donors (Lipinski definition) is 0. The minimum absolute atomic E-state index is 0.0655. The van der Waals surface area contributed by atoms with E-state index in [-0.39, 0.29) is 28.4 Å². The van der Waals surface area contributed by atoms with Crippen molar-refractivity contribution < 1.29 is 31.1 Å². The van der Waals surface area contributed by atoms with Crippen LogP contribution in [-0.4, -0.2) is 37.3 Å². The largest absolute Gasteiger partial charge is 0.459 e. The van der Waals surface area contributed by atoms with E-state index in [4.69, 9.17) is 9.15 Å². The molecule has 0 atom stereocenters. The van der Waals surface area contributed by atoms with Crippen molar-refractivity contribution in [2.45, 2.75) is 25.1 Å². The van der Waals surface area contributed by atoms with Gasteiger partial charge in [-0.2, -0.15) is 22.0 Å².